The van der Waals surface area contributed by atoms with Crippen LogP contribution >= 0.6 is 0 Å². The average Bonchev–Trinajstić information content (AvgIpc) is 3.75. The fourth-order valence-corrected chi connectivity index (χ4v) is 9.64. The number of hydrogen-bond donors (Lipinski definition) is 1. The molecule has 4 heterocycles. The van der Waals surface area contributed by atoms with Crippen LogP contribution in [0.3, 0.4) is 0 Å². The van der Waals surface area contributed by atoms with E-state index in [2.05, 4.69) is 19.3 Å². The van der Waals surface area contributed by atoms with Crippen LogP contribution in [0.2, 0.25) is 0 Å². The third-order valence-electron chi connectivity index (χ3n) is 13.8. The van der Waals surface area contributed by atoms with Crippen molar-refractivity contribution in [1.82, 2.24) is 14.7 Å². The van der Waals surface area contributed by atoms with Gasteiger partial charge in [-0.2, -0.15) is 0 Å². The normalized spacial score (nSPS) is 23.1. The standard InChI is InChI=1S/C46H44N6O10/c1-45(23-21-37(57)61-51-33(53)17-18-34(51)54)47(3)29-11-7-9-25-27(13-15-31(39(25)29)49(45)5)41-43(59)42(44(41)60)28-14-16-32-40-26(28)10-8-12-30(40)48(4)46(2,50(32)6)24-22-38(58)62-52-35(55)19-20-36(52)56/h7-16H,17-24H2,1-6H3/p+1. The van der Waals surface area contributed by atoms with Crippen molar-refractivity contribution >= 4 is 91.1 Å². The molecule has 2 saturated heterocycles. The van der Waals surface area contributed by atoms with E-state index < -0.39 is 46.9 Å². The number of imide groups is 2. The van der Waals surface area contributed by atoms with Gasteiger partial charge in [-0.25, -0.2) is 14.2 Å². The van der Waals surface area contributed by atoms with Crippen LogP contribution in [0.1, 0.15) is 70.8 Å². The number of ketones is 1. The van der Waals surface area contributed by atoms with E-state index in [0.717, 1.165) is 44.0 Å². The molecule has 4 aromatic carbocycles. The Kier molecular flexibility index (Phi) is 9.26. The van der Waals surface area contributed by atoms with Crippen LogP contribution < -0.4 is 29.9 Å². The Morgan fingerprint density at radius 1 is 0.645 bits per heavy atom. The maximum Gasteiger partial charge on any atom is 0.333 e. The van der Waals surface area contributed by atoms with Crippen LogP contribution in [0.5, 0.6) is 0 Å². The van der Waals surface area contributed by atoms with Crippen molar-refractivity contribution in [3.8, 4) is 0 Å². The first-order chi connectivity index (χ1) is 29.5. The molecule has 0 radical (unpaired) electrons. The lowest BCUT2D eigenvalue weighted by molar-refractivity contribution is -0.197. The largest absolute Gasteiger partial charge is 0.506 e. The first-order valence-corrected chi connectivity index (χ1v) is 20.5. The maximum atomic E-state index is 14.4. The molecular weight excluding hydrogens is 797 g/mol. The van der Waals surface area contributed by atoms with Gasteiger partial charge in [0.15, 0.2) is 0 Å². The predicted molar refractivity (Wildman–Crippen MR) is 227 cm³/mol. The van der Waals surface area contributed by atoms with E-state index in [4.69, 9.17) is 9.68 Å². The van der Waals surface area contributed by atoms with Gasteiger partial charge < -0.3 is 29.5 Å². The number of Topliss-reactive ketones (excluding diaryl/α,β-unsaturated/α-hetero) is 1. The maximum absolute atomic E-state index is 14.4. The molecule has 0 aromatic heterocycles. The molecule has 2 fully saturated rings. The van der Waals surface area contributed by atoms with Crippen LogP contribution in [0.25, 0.3) is 32.7 Å². The summed E-state index contributed by atoms with van der Waals surface area (Å²) in [5.74, 6) is -3.91. The summed E-state index contributed by atoms with van der Waals surface area (Å²) in [6.07, 6.45) is 0.529. The van der Waals surface area contributed by atoms with E-state index in [1.165, 1.54) is 0 Å². The number of rotatable bonds is 9. The van der Waals surface area contributed by atoms with Crippen LogP contribution in [0.15, 0.2) is 66.4 Å². The number of hydrogen-bond acceptors (Lipinski definition) is 13. The second kappa shape index (κ2) is 14.2. The second-order valence-corrected chi connectivity index (χ2v) is 16.9. The van der Waals surface area contributed by atoms with Gasteiger partial charge in [0.25, 0.3) is 23.6 Å². The third kappa shape index (κ3) is 5.79. The van der Waals surface area contributed by atoms with Gasteiger partial charge in [-0.15, -0.1) is 10.1 Å². The molecule has 0 bridgehead atoms. The minimum absolute atomic E-state index is 0.0139. The van der Waals surface area contributed by atoms with Gasteiger partial charge in [-0.1, -0.05) is 30.3 Å². The van der Waals surface area contributed by atoms with Gasteiger partial charge in [0, 0.05) is 83.0 Å². The Hall–Kier alpha value is -7.10. The summed E-state index contributed by atoms with van der Waals surface area (Å²) in [5.41, 5.74) is 2.11. The molecule has 0 saturated carbocycles. The quantitative estimate of drug-likeness (QED) is 0.192. The highest BCUT2D eigenvalue weighted by molar-refractivity contribution is 6.53. The zero-order chi connectivity index (χ0) is 44.2. The summed E-state index contributed by atoms with van der Waals surface area (Å²) in [6, 6.07) is 19.1. The topological polar surface area (TPSA) is 177 Å². The highest BCUT2D eigenvalue weighted by atomic mass is 16.7. The van der Waals surface area contributed by atoms with E-state index in [1.54, 1.807) is 0 Å². The first-order valence-electron chi connectivity index (χ1n) is 20.5. The number of carbonyl (C=O) groups excluding carboxylic acids is 7. The number of aliphatic hydroxyl groups is 1. The average molecular weight is 842 g/mol. The monoisotopic (exact) mass is 841 g/mol. The Bertz CT molecular complexity index is 2890. The van der Waals surface area contributed by atoms with Crippen molar-refractivity contribution < 1.29 is 48.3 Å². The Balaban J connectivity index is 1.04. The van der Waals surface area contributed by atoms with E-state index in [0.29, 0.717) is 33.8 Å². The molecule has 16 nitrogen and oxygen atoms in total. The molecule has 318 valence electrons. The third-order valence-corrected chi connectivity index (χ3v) is 13.8. The summed E-state index contributed by atoms with van der Waals surface area (Å²) in [7, 11) is 7.67. The molecule has 4 aromatic rings. The van der Waals surface area contributed by atoms with Crippen LogP contribution in [0.4, 0.5) is 17.1 Å². The number of benzene rings is 4. The zero-order valence-electron chi connectivity index (χ0n) is 35.2. The lowest BCUT2D eigenvalue weighted by atomic mass is 9.79. The van der Waals surface area contributed by atoms with Crippen molar-refractivity contribution in [3.05, 3.63) is 82.6 Å². The molecule has 1 N–H and O–H groups in total. The molecule has 16 heteroatoms. The van der Waals surface area contributed by atoms with Crippen molar-refractivity contribution in [2.45, 2.75) is 76.5 Å². The van der Waals surface area contributed by atoms with Gasteiger partial charge in [-0.3, -0.25) is 24.0 Å². The van der Waals surface area contributed by atoms with Crippen molar-refractivity contribution in [3.63, 3.8) is 0 Å². The van der Waals surface area contributed by atoms with Crippen molar-refractivity contribution in [1.29, 1.82) is 0 Å². The SMILES string of the molecule is CN1c2cccc3c(C4=C(O)C(=c5ccc6c7c(cccc57)N(C)C(C)(CCC(=O)ON5C(=O)CCC5=O)[N+]=6C)C4=O)ccc(c23)N(C)C1(C)CCC(=O)ON1C(=O)CCC1=O. The smallest absolute Gasteiger partial charge is 0.333 e. The van der Waals surface area contributed by atoms with Gasteiger partial charge in [0.05, 0.1) is 35.1 Å². The van der Waals surface area contributed by atoms with E-state index >= 15 is 0 Å². The zero-order valence-corrected chi connectivity index (χ0v) is 35.2. The van der Waals surface area contributed by atoms with E-state index in [9.17, 15) is 38.7 Å². The van der Waals surface area contributed by atoms with Crippen molar-refractivity contribution in [2.24, 2.45) is 0 Å². The summed E-state index contributed by atoms with van der Waals surface area (Å²) in [6.45, 7) is 3.98. The van der Waals surface area contributed by atoms with Crippen LogP contribution in [0, 0.1) is 0 Å². The number of amides is 4. The van der Waals surface area contributed by atoms with Gasteiger partial charge in [-0.05, 0) is 59.2 Å². The van der Waals surface area contributed by atoms with Gasteiger partial charge in [0.2, 0.25) is 16.8 Å². The minimum Gasteiger partial charge on any atom is -0.506 e. The molecule has 1 aliphatic carbocycles. The van der Waals surface area contributed by atoms with E-state index in [-0.39, 0.29) is 61.2 Å². The fraction of sp³-hybridized carbons (Fsp3) is 0.348. The number of carbonyl (C=O) groups is 7. The molecule has 62 heavy (non-hydrogen) atoms. The number of allylic oxidation sites excluding steroid dienone is 2. The first kappa shape index (κ1) is 40.3. The molecule has 2 unspecified atom stereocenters. The number of aliphatic hydroxyl groups excluding tert-OH is 1. The molecule has 9 rings (SSSR count). The van der Waals surface area contributed by atoms with Gasteiger partial charge >= 0.3 is 11.9 Å². The Labute approximate surface area is 355 Å². The molecule has 4 aliphatic heterocycles. The number of nitrogens with zero attached hydrogens (tertiary/aromatic N) is 6. The highest BCUT2D eigenvalue weighted by Crippen LogP contribution is 2.49. The predicted octanol–water partition coefficient (Wildman–Crippen LogP) is 3.36. The molecule has 2 atom stereocenters. The van der Waals surface area contributed by atoms with Gasteiger partial charge in [0.1, 0.15) is 18.5 Å². The molecule has 4 amide bonds. The summed E-state index contributed by atoms with van der Waals surface area (Å²) in [5, 5.41) is 17.7. The van der Waals surface area contributed by atoms with Crippen LogP contribution in [-0.2, 0) is 43.2 Å². The summed E-state index contributed by atoms with van der Waals surface area (Å²) >= 11 is 0. The molecular formula is C46H45N6O10+. The molecule has 5 aliphatic rings. The number of hydroxylamine groups is 4. The van der Waals surface area contributed by atoms with Crippen molar-refractivity contribution in [2.75, 3.05) is 42.9 Å². The molecule has 0 spiro atoms. The van der Waals surface area contributed by atoms with E-state index in [1.807, 2.05) is 103 Å². The lowest BCUT2D eigenvalue weighted by Crippen LogP contribution is -2.60. The summed E-state index contributed by atoms with van der Waals surface area (Å²) < 4.78 is 2.05. The Morgan fingerprint density at radius 3 is 1.73 bits per heavy atom. The fourth-order valence-electron chi connectivity index (χ4n) is 9.64. The lowest BCUT2D eigenvalue weighted by Gasteiger charge is -2.52. The Morgan fingerprint density at radius 2 is 1.16 bits per heavy atom. The number of anilines is 3. The highest BCUT2D eigenvalue weighted by Gasteiger charge is 2.46. The minimum atomic E-state index is -0.730. The van der Waals surface area contributed by atoms with Crippen LogP contribution in [-0.4, -0.2) is 96.1 Å². The second-order valence-electron chi connectivity index (χ2n) is 16.9. The summed E-state index contributed by atoms with van der Waals surface area (Å²) in [4.78, 5) is 105.